The second kappa shape index (κ2) is 5.35. The van der Waals surface area contributed by atoms with E-state index in [4.69, 9.17) is 9.84 Å². The van der Waals surface area contributed by atoms with E-state index in [-0.39, 0.29) is 31.8 Å². The van der Waals surface area contributed by atoms with Gasteiger partial charge >= 0.3 is 5.97 Å². The first-order valence-corrected chi connectivity index (χ1v) is 7.87. The Balaban J connectivity index is 2.19. The Hall–Kier alpha value is -0.700. The number of aliphatic carboxylic acids is 1. The van der Waals surface area contributed by atoms with Crippen molar-refractivity contribution >= 4 is 16.2 Å². The standard InChI is InChI=1S/C11H20N2O5S/c1-8-6-12(7-9(2)18-8)19(16,17)13-5-3-4-10(13)11(14)15/h8-10H,3-7H2,1-2H3,(H,14,15)/t8?,9?,10-/m0/s1. The summed E-state index contributed by atoms with van der Waals surface area (Å²) in [6.45, 7) is 4.46. The van der Waals surface area contributed by atoms with E-state index in [9.17, 15) is 13.2 Å². The molecule has 0 aromatic rings. The van der Waals surface area contributed by atoms with Crippen molar-refractivity contribution in [3.05, 3.63) is 0 Å². The molecule has 0 aromatic carbocycles. The normalized spacial score (nSPS) is 34.5. The molecule has 0 aliphatic carbocycles. The van der Waals surface area contributed by atoms with Gasteiger partial charge in [-0.15, -0.1) is 0 Å². The highest BCUT2D eigenvalue weighted by molar-refractivity contribution is 7.86. The van der Waals surface area contributed by atoms with Gasteiger partial charge in [0.2, 0.25) is 0 Å². The summed E-state index contributed by atoms with van der Waals surface area (Å²) in [5.74, 6) is -1.07. The summed E-state index contributed by atoms with van der Waals surface area (Å²) in [4.78, 5) is 11.1. The molecule has 3 atom stereocenters. The number of carboxylic acids is 1. The fourth-order valence-electron chi connectivity index (χ4n) is 2.73. The van der Waals surface area contributed by atoms with Crippen molar-refractivity contribution in [1.29, 1.82) is 0 Å². The fourth-order valence-corrected chi connectivity index (χ4v) is 4.70. The first-order valence-electron chi connectivity index (χ1n) is 6.47. The van der Waals surface area contributed by atoms with Gasteiger partial charge in [0.05, 0.1) is 12.2 Å². The molecule has 2 heterocycles. The molecular weight excluding hydrogens is 272 g/mol. The fraction of sp³-hybridized carbons (Fsp3) is 0.909. The van der Waals surface area contributed by atoms with Crippen LogP contribution in [0.1, 0.15) is 26.7 Å². The SMILES string of the molecule is CC1CN(S(=O)(=O)N2CCC[C@H]2C(=O)O)CC(C)O1. The molecule has 0 amide bonds. The van der Waals surface area contributed by atoms with E-state index >= 15 is 0 Å². The summed E-state index contributed by atoms with van der Waals surface area (Å²) in [6.07, 6.45) is 0.615. The predicted octanol–water partition coefficient (Wildman–Crippen LogP) is -0.111. The number of hydrogen-bond donors (Lipinski definition) is 1. The lowest BCUT2D eigenvalue weighted by atomic mass is 10.2. The molecular formula is C11H20N2O5S. The summed E-state index contributed by atoms with van der Waals surface area (Å²) in [5, 5.41) is 9.10. The molecule has 0 saturated carbocycles. The highest BCUT2D eigenvalue weighted by Crippen LogP contribution is 2.25. The van der Waals surface area contributed by atoms with Crippen molar-refractivity contribution < 1.29 is 23.1 Å². The zero-order valence-electron chi connectivity index (χ0n) is 11.2. The lowest BCUT2D eigenvalue weighted by molar-refractivity contribution is -0.140. The molecule has 2 unspecified atom stereocenters. The first-order chi connectivity index (χ1) is 8.82. The van der Waals surface area contributed by atoms with Crippen LogP contribution in [0.15, 0.2) is 0 Å². The summed E-state index contributed by atoms with van der Waals surface area (Å²) >= 11 is 0. The van der Waals surface area contributed by atoms with Gasteiger partial charge in [0.1, 0.15) is 6.04 Å². The lowest BCUT2D eigenvalue weighted by Gasteiger charge is -2.37. The van der Waals surface area contributed by atoms with Crippen LogP contribution in [0.5, 0.6) is 0 Å². The largest absolute Gasteiger partial charge is 0.480 e. The minimum absolute atomic E-state index is 0.176. The van der Waals surface area contributed by atoms with E-state index in [0.29, 0.717) is 12.8 Å². The molecule has 2 aliphatic heterocycles. The van der Waals surface area contributed by atoms with Gasteiger partial charge in [-0.05, 0) is 26.7 Å². The van der Waals surface area contributed by atoms with Crippen molar-refractivity contribution in [3.8, 4) is 0 Å². The molecule has 2 saturated heterocycles. The number of nitrogens with zero attached hydrogens (tertiary/aromatic N) is 2. The quantitative estimate of drug-likeness (QED) is 0.784. The number of carboxylic acid groups (broad SMARTS) is 1. The minimum atomic E-state index is -3.72. The van der Waals surface area contributed by atoms with Gasteiger partial charge in [-0.3, -0.25) is 4.79 Å². The predicted molar refractivity (Wildman–Crippen MR) is 67.9 cm³/mol. The van der Waals surface area contributed by atoms with E-state index < -0.39 is 22.2 Å². The van der Waals surface area contributed by atoms with E-state index in [2.05, 4.69) is 0 Å². The van der Waals surface area contributed by atoms with Crippen molar-refractivity contribution in [2.45, 2.75) is 44.9 Å². The molecule has 8 heteroatoms. The Morgan fingerprint density at radius 1 is 1.26 bits per heavy atom. The maximum absolute atomic E-state index is 12.5. The summed E-state index contributed by atoms with van der Waals surface area (Å²) in [7, 11) is -3.72. The van der Waals surface area contributed by atoms with Crippen LogP contribution in [0.2, 0.25) is 0 Å². The highest BCUT2D eigenvalue weighted by Gasteiger charge is 2.43. The number of ether oxygens (including phenoxy) is 1. The van der Waals surface area contributed by atoms with Crippen LogP contribution in [-0.2, 0) is 19.7 Å². The van der Waals surface area contributed by atoms with Crippen molar-refractivity contribution in [1.82, 2.24) is 8.61 Å². The summed E-state index contributed by atoms with van der Waals surface area (Å²) in [6, 6.07) is -0.932. The van der Waals surface area contributed by atoms with Gasteiger partial charge in [-0.1, -0.05) is 0 Å². The first kappa shape index (κ1) is 14.7. The summed E-state index contributed by atoms with van der Waals surface area (Å²) < 4.78 is 33.0. The maximum Gasteiger partial charge on any atom is 0.322 e. The van der Waals surface area contributed by atoms with Gasteiger partial charge < -0.3 is 9.84 Å². The third kappa shape index (κ3) is 2.91. The van der Waals surface area contributed by atoms with Crippen LogP contribution >= 0.6 is 0 Å². The van der Waals surface area contributed by atoms with Gasteiger partial charge in [0.25, 0.3) is 10.2 Å². The molecule has 7 nitrogen and oxygen atoms in total. The van der Waals surface area contributed by atoms with Crippen molar-refractivity contribution in [2.75, 3.05) is 19.6 Å². The third-order valence-corrected chi connectivity index (χ3v) is 5.48. The molecule has 0 spiro atoms. The Labute approximate surface area is 113 Å². The second-order valence-electron chi connectivity index (χ2n) is 5.19. The van der Waals surface area contributed by atoms with Crippen LogP contribution in [0.4, 0.5) is 0 Å². The number of morpholine rings is 1. The van der Waals surface area contributed by atoms with Crippen LogP contribution in [0.3, 0.4) is 0 Å². The molecule has 110 valence electrons. The zero-order chi connectivity index (χ0) is 14.2. The molecule has 0 aromatic heterocycles. The Bertz CT molecular complexity index is 442. The lowest BCUT2D eigenvalue weighted by Crippen LogP contribution is -2.55. The molecule has 19 heavy (non-hydrogen) atoms. The summed E-state index contributed by atoms with van der Waals surface area (Å²) in [5.41, 5.74) is 0. The van der Waals surface area contributed by atoms with Gasteiger partial charge in [0.15, 0.2) is 0 Å². The van der Waals surface area contributed by atoms with Crippen LogP contribution in [0.25, 0.3) is 0 Å². The topological polar surface area (TPSA) is 87.2 Å². The Kier molecular flexibility index (Phi) is 4.14. The molecule has 1 N–H and O–H groups in total. The second-order valence-corrected chi connectivity index (χ2v) is 7.07. The van der Waals surface area contributed by atoms with E-state index in [1.807, 2.05) is 13.8 Å². The van der Waals surface area contributed by atoms with Gasteiger partial charge in [-0.25, -0.2) is 0 Å². The van der Waals surface area contributed by atoms with Crippen molar-refractivity contribution in [2.24, 2.45) is 0 Å². The van der Waals surface area contributed by atoms with Crippen molar-refractivity contribution in [3.63, 3.8) is 0 Å². The number of carbonyl (C=O) groups is 1. The minimum Gasteiger partial charge on any atom is -0.480 e. The third-order valence-electron chi connectivity index (χ3n) is 3.50. The van der Waals surface area contributed by atoms with E-state index in [1.165, 1.54) is 4.31 Å². The van der Waals surface area contributed by atoms with Gasteiger partial charge in [0, 0.05) is 19.6 Å². The smallest absolute Gasteiger partial charge is 0.322 e. The van der Waals surface area contributed by atoms with Crippen LogP contribution < -0.4 is 0 Å². The molecule has 2 fully saturated rings. The Morgan fingerprint density at radius 3 is 2.37 bits per heavy atom. The molecule has 2 rings (SSSR count). The van der Waals surface area contributed by atoms with Crippen LogP contribution in [-0.4, -0.2) is 66.0 Å². The highest BCUT2D eigenvalue weighted by atomic mass is 32.2. The number of rotatable bonds is 3. The molecule has 0 bridgehead atoms. The van der Waals surface area contributed by atoms with Gasteiger partial charge in [-0.2, -0.15) is 17.0 Å². The molecule has 2 aliphatic rings. The van der Waals surface area contributed by atoms with E-state index in [1.54, 1.807) is 0 Å². The maximum atomic E-state index is 12.5. The average Bonchev–Trinajstić information content (AvgIpc) is 2.76. The average molecular weight is 292 g/mol. The van der Waals surface area contributed by atoms with E-state index in [0.717, 1.165) is 4.31 Å². The Morgan fingerprint density at radius 2 is 1.84 bits per heavy atom. The number of hydrogen-bond acceptors (Lipinski definition) is 4. The monoisotopic (exact) mass is 292 g/mol. The van der Waals surface area contributed by atoms with Crippen LogP contribution in [0, 0.1) is 0 Å². The zero-order valence-corrected chi connectivity index (χ0v) is 12.0. The molecule has 0 radical (unpaired) electrons.